The number of likely N-dealkylation sites (tertiary alicyclic amines) is 1. The van der Waals surface area contributed by atoms with Crippen LogP contribution in [-0.4, -0.2) is 96.1 Å². The molecule has 0 atom stereocenters. The van der Waals surface area contributed by atoms with Crippen LogP contribution >= 0.6 is 0 Å². The van der Waals surface area contributed by atoms with E-state index in [-0.39, 0.29) is 35.1 Å². The van der Waals surface area contributed by atoms with Gasteiger partial charge in [0.25, 0.3) is 5.91 Å². The number of rotatable bonds is 8. The molecule has 0 bridgehead atoms. The Kier molecular flexibility index (Phi) is 8.10. The predicted octanol–water partition coefficient (Wildman–Crippen LogP) is 2.67. The van der Waals surface area contributed by atoms with Crippen molar-refractivity contribution in [1.82, 2.24) is 34.9 Å². The number of hydrogen-bond donors (Lipinski definition) is 4. The van der Waals surface area contributed by atoms with E-state index in [0.717, 1.165) is 12.8 Å². The molecule has 4 N–H and O–H groups in total. The molecule has 0 spiro atoms. The standard InChI is InChI=1S/C26H33N7O5/c1-16(2)19-13-20(22(35)14-21(19)34)23-29-30-24(33(23)18-5-4-8-27-15-18)25(36)28-9-12-31(3)17-6-10-32(11-7-17)26(37)38/h4-5,8,13-17,34-35H,6-7,9-12H2,1-3H3,(H,28,36)(H,37,38). The number of amides is 2. The molecule has 1 fully saturated rings. The van der Waals surface area contributed by atoms with Gasteiger partial charge in [-0.15, -0.1) is 10.2 Å². The summed E-state index contributed by atoms with van der Waals surface area (Å²) in [4.78, 5) is 32.1. The second-order valence-corrected chi connectivity index (χ2v) is 9.71. The number of nitrogens with zero attached hydrogens (tertiary/aromatic N) is 6. The lowest BCUT2D eigenvalue weighted by atomic mass is 9.98. The number of phenols is 2. The Labute approximate surface area is 220 Å². The van der Waals surface area contributed by atoms with Gasteiger partial charge in [-0.1, -0.05) is 13.8 Å². The molecule has 1 saturated heterocycles. The van der Waals surface area contributed by atoms with Crippen molar-refractivity contribution in [1.29, 1.82) is 0 Å². The molecule has 12 nitrogen and oxygen atoms in total. The van der Waals surface area contributed by atoms with Crippen LogP contribution in [0.4, 0.5) is 4.79 Å². The fraction of sp³-hybridized carbons (Fsp3) is 0.423. The molecule has 3 aromatic rings. The molecule has 4 rings (SSSR count). The van der Waals surface area contributed by atoms with Crippen LogP contribution in [0, 0.1) is 0 Å². The Bertz CT molecular complexity index is 1290. The van der Waals surface area contributed by atoms with Gasteiger partial charge in [0.15, 0.2) is 5.82 Å². The van der Waals surface area contributed by atoms with E-state index < -0.39 is 12.0 Å². The first-order valence-corrected chi connectivity index (χ1v) is 12.6. The maximum Gasteiger partial charge on any atom is 0.407 e. The number of carboxylic acid groups (broad SMARTS) is 1. The van der Waals surface area contributed by atoms with Crippen LogP contribution in [0.2, 0.25) is 0 Å². The van der Waals surface area contributed by atoms with Gasteiger partial charge in [-0.3, -0.25) is 14.3 Å². The van der Waals surface area contributed by atoms with Crippen molar-refractivity contribution in [2.75, 3.05) is 33.2 Å². The number of pyridine rings is 1. The Morgan fingerprint density at radius 3 is 2.53 bits per heavy atom. The fourth-order valence-electron chi connectivity index (χ4n) is 4.68. The number of aromatic hydroxyl groups is 2. The van der Waals surface area contributed by atoms with Crippen molar-refractivity contribution < 1.29 is 24.9 Å². The highest BCUT2D eigenvalue weighted by molar-refractivity contribution is 5.92. The zero-order chi connectivity index (χ0) is 27.4. The van der Waals surface area contributed by atoms with Gasteiger partial charge in [0.2, 0.25) is 5.82 Å². The molecule has 3 heterocycles. The van der Waals surface area contributed by atoms with Gasteiger partial charge in [-0.2, -0.15) is 0 Å². The number of likely N-dealkylation sites (N-methyl/N-ethyl adjacent to an activating group) is 1. The van der Waals surface area contributed by atoms with Gasteiger partial charge in [0, 0.05) is 44.5 Å². The molecule has 12 heteroatoms. The summed E-state index contributed by atoms with van der Waals surface area (Å²) < 4.78 is 1.53. The Hall–Kier alpha value is -4.19. The summed E-state index contributed by atoms with van der Waals surface area (Å²) in [6.07, 6.45) is 3.77. The topological polar surface area (TPSA) is 157 Å². The summed E-state index contributed by atoms with van der Waals surface area (Å²) in [7, 11) is 1.96. The second-order valence-electron chi connectivity index (χ2n) is 9.71. The zero-order valence-corrected chi connectivity index (χ0v) is 21.7. The first-order chi connectivity index (χ1) is 18.2. The average Bonchev–Trinajstić information content (AvgIpc) is 3.34. The average molecular weight is 524 g/mol. The number of aromatic nitrogens is 4. The van der Waals surface area contributed by atoms with Crippen LogP contribution < -0.4 is 5.32 Å². The van der Waals surface area contributed by atoms with Crippen molar-refractivity contribution in [3.05, 3.63) is 48.0 Å². The predicted molar refractivity (Wildman–Crippen MR) is 140 cm³/mol. The lowest BCUT2D eigenvalue weighted by molar-refractivity contribution is 0.0913. The van der Waals surface area contributed by atoms with Crippen molar-refractivity contribution in [2.45, 2.75) is 38.6 Å². The summed E-state index contributed by atoms with van der Waals surface area (Å²) in [5.74, 6) is -0.394. The second kappa shape index (κ2) is 11.5. The van der Waals surface area contributed by atoms with Crippen molar-refractivity contribution in [3.63, 3.8) is 0 Å². The fourth-order valence-corrected chi connectivity index (χ4v) is 4.68. The lowest BCUT2D eigenvalue weighted by Gasteiger charge is -2.35. The third-order valence-corrected chi connectivity index (χ3v) is 6.89. The maximum atomic E-state index is 13.2. The third-order valence-electron chi connectivity index (χ3n) is 6.89. The van der Waals surface area contributed by atoms with Crippen LogP contribution in [-0.2, 0) is 0 Å². The molecule has 2 amide bonds. The van der Waals surface area contributed by atoms with Crippen molar-refractivity contribution >= 4 is 12.0 Å². The number of piperidine rings is 1. The van der Waals surface area contributed by atoms with E-state index in [2.05, 4.69) is 25.4 Å². The zero-order valence-electron chi connectivity index (χ0n) is 21.7. The number of phenolic OH excluding ortho intramolecular Hbond substituents is 2. The van der Waals surface area contributed by atoms with Crippen LogP contribution in [0.25, 0.3) is 17.1 Å². The molecular formula is C26H33N7O5. The molecule has 38 heavy (non-hydrogen) atoms. The Morgan fingerprint density at radius 2 is 1.89 bits per heavy atom. The summed E-state index contributed by atoms with van der Waals surface area (Å²) in [5, 5.41) is 41.3. The van der Waals surface area contributed by atoms with Crippen LogP contribution in [0.1, 0.15) is 48.8 Å². The smallest absolute Gasteiger partial charge is 0.407 e. The van der Waals surface area contributed by atoms with E-state index in [0.29, 0.717) is 43.0 Å². The van der Waals surface area contributed by atoms with Gasteiger partial charge in [0.1, 0.15) is 11.5 Å². The number of nitrogens with one attached hydrogen (secondary N) is 1. The molecular weight excluding hydrogens is 490 g/mol. The van der Waals surface area contributed by atoms with Gasteiger partial charge < -0.3 is 30.4 Å². The lowest BCUT2D eigenvalue weighted by Crippen LogP contribution is -2.46. The van der Waals surface area contributed by atoms with E-state index in [9.17, 15) is 19.8 Å². The molecule has 1 aromatic carbocycles. The maximum absolute atomic E-state index is 13.2. The molecule has 0 saturated carbocycles. The minimum absolute atomic E-state index is 0.0137. The Morgan fingerprint density at radius 1 is 1.16 bits per heavy atom. The largest absolute Gasteiger partial charge is 0.508 e. The van der Waals surface area contributed by atoms with Gasteiger partial charge in [-0.25, -0.2) is 4.79 Å². The highest BCUT2D eigenvalue weighted by Crippen LogP contribution is 2.38. The summed E-state index contributed by atoms with van der Waals surface area (Å²) >= 11 is 0. The van der Waals surface area contributed by atoms with E-state index in [1.807, 2.05) is 20.9 Å². The molecule has 0 aliphatic carbocycles. The minimum atomic E-state index is -0.892. The third kappa shape index (κ3) is 5.70. The van der Waals surface area contributed by atoms with Gasteiger partial charge >= 0.3 is 6.09 Å². The van der Waals surface area contributed by atoms with E-state index in [1.165, 1.54) is 15.5 Å². The monoisotopic (exact) mass is 523 g/mol. The minimum Gasteiger partial charge on any atom is -0.508 e. The van der Waals surface area contributed by atoms with Crippen LogP contribution in [0.15, 0.2) is 36.7 Å². The molecule has 202 valence electrons. The molecule has 0 unspecified atom stereocenters. The van der Waals surface area contributed by atoms with Gasteiger partial charge in [0.05, 0.1) is 17.4 Å². The quantitative estimate of drug-likeness (QED) is 0.348. The Balaban J connectivity index is 1.53. The first-order valence-electron chi connectivity index (χ1n) is 12.6. The molecule has 0 radical (unpaired) electrons. The highest BCUT2D eigenvalue weighted by Gasteiger charge is 2.26. The molecule has 2 aromatic heterocycles. The van der Waals surface area contributed by atoms with Crippen LogP contribution in [0.3, 0.4) is 0 Å². The van der Waals surface area contributed by atoms with E-state index in [1.54, 1.807) is 30.6 Å². The number of hydrogen-bond acceptors (Lipinski definition) is 8. The number of carbonyl (C=O) groups excluding carboxylic acids is 1. The SMILES string of the molecule is CC(C)c1cc(-c2nnc(C(=O)NCCN(C)C3CCN(C(=O)O)CC3)n2-c2cccnc2)c(O)cc1O. The van der Waals surface area contributed by atoms with Crippen molar-refractivity contribution in [3.8, 4) is 28.6 Å². The van der Waals surface area contributed by atoms with E-state index >= 15 is 0 Å². The summed E-state index contributed by atoms with van der Waals surface area (Å²) in [6, 6.07) is 6.64. The number of carbonyl (C=O) groups is 2. The van der Waals surface area contributed by atoms with Crippen LogP contribution in [0.5, 0.6) is 11.5 Å². The summed E-state index contributed by atoms with van der Waals surface area (Å²) in [6.45, 7) is 5.77. The first kappa shape index (κ1) is 26.9. The molecule has 1 aliphatic heterocycles. The highest BCUT2D eigenvalue weighted by atomic mass is 16.4. The molecule has 1 aliphatic rings. The van der Waals surface area contributed by atoms with Gasteiger partial charge in [-0.05, 0) is 49.6 Å². The normalized spacial score (nSPS) is 14.3. The number of benzene rings is 1. The van der Waals surface area contributed by atoms with E-state index in [4.69, 9.17) is 5.11 Å². The van der Waals surface area contributed by atoms with Crippen molar-refractivity contribution in [2.24, 2.45) is 0 Å². The summed E-state index contributed by atoms with van der Waals surface area (Å²) in [5.41, 5.74) is 1.50.